The molecular formula is C14H11ClF2O2. The summed E-state index contributed by atoms with van der Waals surface area (Å²) in [5, 5.41) is 9.12. The Hall–Kier alpha value is -1.65. The van der Waals surface area contributed by atoms with Crippen molar-refractivity contribution in [2.45, 2.75) is 13.2 Å². The first-order valence-corrected chi connectivity index (χ1v) is 5.94. The summed E-state index contributed by atoms with van der Waals surface area (Å²) >= 11 is 5.65. The summed E-state index contributed by atoms with van der Waals surface area (Å²) in [6.07, 6.45) is 0. The second-order valence-electron chi connectivity index (χ2n) is 3.95. The summed E-state index contributed by atoms with van der Waals surface area (Å²) in [5.41, 5.74) is 1.04. The molecule has 0 spiro atoms. The van der Waals surface area contributed by atoms with E-state index in [0.29, 0.717) is 16.9 Å². The van der Waals surface area contributed by atoms with E-state index in [0.717, 1.165) is 0 Å². The molecule has 2 aromatic carbocycles. The van der Waals surface area contributed by atoms with Crippen molar-refractivity contribution in [1.29, 1.82) is 0 Å². The number of benzene rings is 2. The Morgan fingerprint density at radius 1 is 1.11 bits per heavy atom. The zero-order chi connectivity index (χ0) is 13.8. The van der Waals surface area contributed by atoms with Gasteiger partial charge in [-0.25, -0.2) is 8.78 Å². The molecule has 0 saturated carbocycles. The third-order valence-electron chi connectivity index (χ3n) is 2.57. The lowest BCUT2D eigenvalue weighted by atomic mass is 10.2. The first-order chi connectivity index (χ1) is 9.10. The quantitative estimate of drug-likeness (QED) is 0.928. The van der Waals surface area contributed by atoms with Gasteiger partial charge in [-0.15, -0.1) is 0 Å². The van der Waals surface area contributed by atoms with Crippen molar-refractivity contribution in [1.82, 2.24) is 0 Å². The number of aliphatic hydroxyl groups excluding tert-OH is 1. The van der Waals surface area contributed by atoms with Crippen molar-refractivity contribution in [2.75, 3.05) is 0 Å². The van der Waals surface area contributed by atoms with Gasteiger partial charge in [0.15, 0.2) is 0 Å². The van der Waals surface area contributed by atoms with Crippen molar-refractivity contribution in [3.05, 3.63) is 64.2 Å². The molecule has 1 N–H and O–H groups in total. The third kappa shape index (κ3) is 3.43. The van der Waals surface area contributed by atoms with Crippen molar-refractivity contribution in [3.8, 4) is 5.75 Å². The van der Waals surface area contributed by atoms with Gasteiger partial charge in [0, 0.05) is 5.56 Å². The van der Waals surface area contributed by atoms with Crippen LogP contribution in [0.1, 0.15) is 11.1 Å². The van der Waals surface area contributed by atoms with E-state index in [4.69, 9.17) is 21.4 Å². The molecule has 0 amide bonds. The normalized spacial score (nSPS) is 10.5. The van der Waals surface area contributed by atoms with E-state index in [9.17, 15) is 8.78 Å². The van der Waals surface area contributed by atoms with Gasteiger partial charge in [-0.1, -0.05) is 17.7 Å². The Labute approximate surface area is 114 Å². The van der Waals surface area contributed by atoms with Gasteiger partial charge in [-0.2, -0.15) is 0 Å². The highest BCUT2D eigenvalue weighted by Crippen LogP contribution is 2.22. The number of rotatable bonds is 4. The van der Waals surface area contributed by atoms with Crippen molar-refractivity contribution in [2.24, 2.45) is 0 Å². The number of hydrogen-bond donors (Lipinski definition) is 1. The Kier molecular flexibility index (Phi) is 4.35. The lowest BCUT2D eigenvalue weighted by Gasteiger charge is -2.10. The zero-order valence-electron chi connectivity index (χ0n) is 9.87. The van der Waals surface area contributed by atoms with E-state index in [1.54, 1.807) is 6.07 Å². The van der Waals surface area contributed by atoms with Crippen LogP contribution in [0.3, 0.4) is 0 Å². The maximum atomic E-state index is 13.0. The number of halogens is 3. The molecule has 0 bridgehead atoms. The largest absolute Gasteiger partial charge is 0.489 e. The molecule has 19 heavy (non-hydrogen) atoms. The molecule has 2 nitrogen and oxygen atoms in total. The van der Waals surface area contributed by atoms with Gasteiger partial charge in [0.05, 0.1) is 11.6 Å². The van der Waals surface area contributed by atoms with Gasteiger partial charge in [0.2, 0.25) is 0 Å². The lowest BCUT2D eigenvalue weighted by molar-refractivity contribution is 0.258. The maximum absolute atomic E-state index is 13.0. The molecule has 0 fully saturated rings. The van der Waals surface area contributed by atoms with Crippen LogP contribution in [-0.2, 0) is 13.2 Å². The van der Waals surface area contributed by atoms with E-state index < -0.39 is 11.6 Å². The smallest absolute Gasteiger partial charge is 0.141 e. The van der Waals surface area contributed by atoms with Gasteiger partial charge in [0.25, 0.3) is 0 Å². The number of aliphatic hydroxyl groups is 1. The van der Waals surface area contributed by atoms with Crippen molar-refractivity contribution in [3.63, 3.8) is 0 Å². The van der Waals surface area contributed by atoms with E-state index in [1.165, 1.54) is 30.3 Å². The van der Waals surface area contributed by atoms with Crippen LogP contribution in [0, 0.1) is 11.6 Å². The molecule has 0 unspecified atom stereocenters. The third-order valence-corrected chi connectivity index (χ3v) is 2.86. The maximum Gasteiger partial charge on any atom is 0.141 e. The molecule has 0 aliphatic carbocycles. The zero-order valence-corrected chi connectivity index (χ0v) is 10.6. The molecule has 2 aromatic rings. The van der Waals surface area contributed by atoms with E-state index in [2.05, 4.69) is 0 Å². The van der Waals surface area contributed by atoms with Crippen molar-refractivity contribution >= 4 is 11.6 Å². The molecule has 0 atom stereocenters. The molecular weight excluding hydrogens is 274 g/mol. The molecule has 100 valence electrons. The van der Waals surface area contributed by atoms with E-state index in [1.807, 2.05) is 0 Å². The second-order valence-corrected chi connectivity index (χ2v) is 4.35. The van der Waals surface area contributed by atoms with E-state index in [-0.39, 0.29) is 18.2 Å². The molecule has 0 heterocycles. The average Bonchev–Trinajstić information content (AvgIpc) is 2.41. The highest BCUT2D eigenvalue weighted by molar-refractivity contribution is 6.30. The van der Waals surface area contributed by atoms with Crippen LogP contribution in [0.25, 0.3) is 0 Å². The van der Waals surface area contributed by atoms with Crippen LogP contribution in [0.4, 0.5) is 8.78 Å². The fraction of sp³-hybridized carbons (Fsp3) is 0.143. The summed E-state index contributed by atoms with van der Waals surface area (Å²) in [4.78, 5) is 0. The number of ether oxygens (including phenoxy) is 1. The Morgan fingerprint density at radius 2 is 1.89 bits per heavy atom. The minimum Gasteiger partial charge on any atom is -0.489 e. The summed E-state index contributed by atoms with van der Waals surface area (Å²) in [6, 6.07) is 8.13. The fourth-order valence-corrected chi connectivity index (χ4v) is 1.81. The van der Waals surface area contributed by atoms with Crippen LogP contribution < -0.4 is 4.74 Å². The highest BCUT2D eigenvalue weighted by Gasteiger charge is 2.06. The highest BCUT2D eigenvalue weighted by atomic mass is 35.5. The van der Waals surface area contributed by atoms with Gasteiger partial charge in [0.1, 0.15) is 24.0 Å². The summed E-state index contributed by atoms with van der Waals surface area (Å²) in [6.45, 7) is -0.171. The predicted molar refractivity (Wildman–Crippen MR) is 68.1 cm³/mol. The topological polar surface area (TPSA) is 29.5 Å². The molecule has 5 heteroatoms. The minimum absolute atomic E-state index is 0.0163. The van der Waals surface area contributed by atoms with Crippen LogP contribution >= 0.6 is 11.6 Å². The Bertz CT molecular complexity index is 588. The lowest BCUT2D eigenvalue weighted by Crippen LogP contribution is -1.99. The first-order valence-electron chi connectivity index (χ1n) is 5.56. The van der Waals surface area contributed by atoms with Gasteiger partial charge >= 0.3 is 0 Å². The summed E-state index contributed by atoms with van der Waals surface area (Å²) in [5.74, 6) is -0.561. The molecule has 2 rings (SSSR count). The molecule has 0 saturated heterocycles. The van der Waals surface area contributed by atoms with Gasteiger partial charge in [-0.3, -0.25) is 0 Å². The second kappa shape index (κ2) is 5.99. The van der Waals surface area contributed by atoms with Crippen LogP contribution in [-0.4, -0.2) is 5.11 Å². The van der Waals surface area contributed by atoms with E-state index >= 15 is 0 Å². The summed E-state index contributed by atoms with van der Waals surface area (Å²) in [7, 11) is 0. The number of hydrogen-bond acceptors (Lipinski definition) is 2. The molecule has 0 aromatic heterocycles. The monoisotopic (exact) mass is 284 g/mol. The van der Waals surface area contributed by atoms with Crippen LogP contribution in [0.15, 0.2) is 36.4 Å². The predicted octanol–water partition coefficient (Wildman–Crippen LogP) is 3.69. The average molecular weight is 285 g/mol. The van der Waals surface area contributed by atoms with Gasteiger partial charge < -0.3 is 9.84 Å². The summed E-state index contributed by atoms with van der Waals surface area (Å²) < 4.78 is 31.4. The standard InChI is InChI=1S/C14H11ClF2O2/c15-12-5-9(1-3-13(12)17)8-19-14-4-2-11(16)6-10(14)7-18/h1-6,18H,7-8H2. The Balaban J connectivity index is 2.12. The fourth-order valence-electron chi connectivity index (χ4n) is 1.60. The SMILES string of the molecule is OCc1cc(F)ccc1OCc1ccc(F)c(Cl)c1. The molecule has 0 radical (unpaired) electrons. The van der Waals surface area contributed by atoms with Crippen LogP contribution in [0.2, 0.25) is 5.02 Å². The molecule has 0 aliphatic rings. The minimum atomic E-state index is -0.497. The van der Waals surface area contributed by atoms with Crippen LogP contribution in [0.5, 0.6) is 5.75 Å². The van der Waals surface area contributed by atoms with Gasteiger partial charge in [-0.05, 0) is 35.9 Å². The Morgan fingerprint density at radius 3 is 2.58 bits per heavy atom. The first kappa shape index (κ1) is 13.8. The van der Waals surface area contributed by atoms with Crippen molar-refractivity contribution < 1.29 is 18.6 Å². The molecule has 0 aliphatic heterocycles.